The van der Waals surface area contributed by atoms with Crippen LogP contribution in [0, 0.1) is 11.6 Å². The molecule has 42 heavy (non-hydrogen) atoms. The van der Waals surface area contributed by atoms with Crippen molar-refractivity contribution in [3.63, 3.8) is 0 Å². The highest BCUT2D eigenvalue weighted by Crippen LogP contribution is 2.33. The molecule has 2 heterocycles. The molecule has 0 bridgehead atoms. The first-order valence-corrected chi connectivity index (χ1v) is 14.3. The van der Waals surface area contributed by atoms with Crippen molar-refractivity contribution >= 4 is 89.8 Å². The minimum Gasteiger partial charge on any atom is -0.466 e. The van der Waals surface area contributed by atoms with E-state index in [2.05, 4.69) is 4.74 Å². The molecule has 3 aromatic carbocycles. The summed E-state index contributed by atoms with van der Waals surface area (Å²) < 4.78 is 39.4. The predicted octanol–water partition coefficient (Wildman–Crippen LogP) is 7.91. The number of benzene rings is 3. The Labute approximate surface area is 256 Å². The number of carbonyl (C=O) groups is 3. The van der Waals surface area contributed by atoms with Crippen molar-refractivity contribution in [3.8, 4) is 0 Å². The van der Waals surface area contributed by atoms with Gasteiger partial charge in [0.25, 0.3) is 0 Å². The van der Waals surface area contributed by atoms with Gasteiger partial charge in [0.05, 0.1) is 49.4 Å². The fraction of sp³-hybridized carbons (Fsp3) is 0.172. The van der Waals surface area contributed by atoms with Crippen LogP contribution in [0.15, 0.2) is 53.3 Å². The summed E-state index contributed by atoms with van der Waals surface area (Å²) >= 11 is 18.5. The van der Waals surface area contributed by atoms with Gasteiger partial charge in [0, 0.05) is 5.56 Å². The molecule has 0 aliphatic carbocycles. The van der Waals surface area contributed by atoms with Crippen molar-refractivity contribution in [2.75, 3.05) is 13.2 Å². The van der Waals surface area contributed by atoms with Crippen LogP contribution in [0.4, 0.5) is 8.78 Å². The highest BCUT2D eigenvalue weighted by atomic mass is 35.5. The first-order chi connectivity index (χ1) is 20.0. The van der Waals surface area contributed by atoms with Gasteiger partial charge in [0.15, 0.2) is 5.78 Å². The van der Waals surface area contributed by atoms with Gasteiger partial charge in [0.1, 0.15) is 28.4 Å². The molecule has 7 nitrogen and oxygen atoms in total. The molecule has 0 aliphatic heterocycles. The fourth-order valence-electron chi connectivity index (χ4n) is 4.08. The maximum absolute atomic E-state index is 14.0. The van der Waals surface area contributed by atoms with Crippen LogP contribution >= 0.6 is 46.1 Å². The maximum atomic E-state index is 14.0. The average Bonchev–Trinajstić information content (AvgIpc) is 3.31. The van der Waals surface area contributed by atoms with Crippen LogP contribution in [0.2, 0.25) is 15.1 Å². The molecule has 0 aliphatic rings. The SMILES string of the molecule is CCOC(=O)CC(=O)c1cc(F)c(Cl)cc1Cl.CCOC(=O)c1c(=O)c2cc(F)c(Cl)cc2n2c1sc1ccccc12. The molecule has 0 spiro atoms. The minimum absolute atomic E-state index is 0.00528. The lowest BCUT2D eigenvalue weighted by Gasteiger charge is -2.09. The number of pyridine rings is 1. The van der Waals surface area contributed by atoms with Gasteiger partial charge < -0.3 is 9.47 Å². The monoisotopic (exact) mass is 653 g/mol. The van der Waals surface area contributed by atoms with Crippen LogP contribution in [0.1, 0.15) is 41.0 Å². The summed E-state index contributed by atoms with van der Waals surface area (Å²) in [5, 5.41) is -0.167. The number of Topliss-reactive ketones (excluding diaryl/α,β-unsaturated/α-hetero) is 1. The largest absolute Gasteiger partial charge is 0.466 e. The van der Waals surface area contributed by atoms with E-state index in [1.54, 1.807) is 18.2 Å². The lowest BCUT2D eigenvalue weighted by molar-refractivity contribution is -0.141. The highest BCUT2D eigenvalue weighted by molar-refractivity contribution is 7.24. The fourth-order valence-corrected chi connectivity index (χ4v) is 5.91. The summed E-state index contributed by atoms with van der Waals surface area (Å²) in [5.41, 5.74) is 0.534. The Morgan fingerprint density at radius 3 is 2.19 bits per heavy atom. The van der Waals surface area contributed by atoms with E-state index in [0.29, 0.717) is 10.3 Å². The number of rotatable bonds is 6. The molecule has 2 aromatic heterocycles. The van der Waals surface area contributed by atoms with Crippen LogP contribution < -0.4 is 5.43 Å². The van der Waals surface area contributed by atoms with Gasteiger partial charge in [-0.15, -0.1) is 11.3 Å². The molecular weight excluding hydrogens is 635 g/mol. The molecule has 0 radical (unpaired) electrons. The first-order valence-electron chi connectivity index (χ1n) is 12.3. The second-order valence-corrected chi connectivity index (χ2v) is 10.8. The lowest BCUT2D eigenvalue weighted by atomic mass is 10.1. The standard InChI is InChI=1S/C18H11ClFNO3S.C11H9Cl2FO3/c1-2-24-18(23)15-16(22)9-7-11(20)10(19)8-13(9)21-12-5-3-4-6-14(12)25-17(15)21;1-2-17-11(16)5-10(15)6-3-9(14)8(13)4-7(6)12/h3-8H,2H2,1H3;3-4H,2,5H2,1H3. The molecular formula is C29H20Cl3F2NO6S. The highest BCUT2D eigenvalue weighted by Gasteiger charge is 2.24. The Morgan fingerprint density at radius 2 is 1.50 bits per heavy atom. The van der Waals surface area contributed by atoms with Gasteiger partial charge in [-0.25, -0.2) is 13.6 Å². The lowest BCUT2D eigenvalue weighted by Crippen LogP contribution is -2.19. The number of fused-ring (bicyclic) bond motifs is 5. The normalized spacial score (nSPS) is 10.9. The molecule has 0 amide bonds. The number of aromatic nitrogens is 1. The molecule has 0 N–H and O–H groups in total. The number of esters is 2. The second kappa shape index (κ2) is 13.2. The number of halogens is 5. The zero-order valence-corrected chi connectivity index (χ0v) is 25.0. The molecule has 0 saturated carbocycles. The van der Waals surface area contributed by atoms with E-state index in [1.165, 1.54) is 17.4 Å². The van der Waals surface area contributed by atoms with Gasteiger partial charge in [-0.2, -0.15) is 0 Å². The Hall–Kier alpha value is -3.57. The quantitative estimate of drug-likeness (QED) is 0.0800. The maximum Gasteiger partial charge on any atom is 0.345 e. The number of nitrogens with zero attached hydrogens (tertiary/aromatic N) is 1. The molecule has 13 heteroatoms. The third-order valence-corrected chi connectivity index (χ3v) is 7.92. The molecule has 0 fully saturated rings. The summed E-state index contributed by atoms with van der Waals surface area (Å²) in [5.74, 6) is -3.47. The van der Waals surface area contributed by atoms with E-state index in [4.69, 9.17) is 39.5 Å². The Morgan fingerprint density at radius 1 is 0.857 bits per heavy atom. The number of hydrogen-bond donors (Lipinski definition) is 0. The van der Waals surface area contributed by atoms with E-state index in [-0.39, 0.29) is 44.8 Å². The van der Waals surface area contributed by atoms with Gasteiger partial charge in [-0.05, 0) is 50.2 Å². The van der Waals surface area contributed by atoms with Crippen molar-refractivity contribution < 1.29 is 32.6 Å². The van der Waals surface area contributed by atoms with Crippen LogP contribution in [0.25, 0.3) is 25.9 Å². The van der Waals surface area contributed by atoms with Crippen molar-refractivity contribution in [1.82, 2.24) is 4.40 Å². The van der Waals surface area contributed by atoms with Crippen molar-refractivity contribution in [2.45, 2.75) is 20.3 Å². The number of ether oxygens (including phenoxy) is 2. The number of ketones is 1. The van der Waals surface area contributed by atoms with Gasteiger partial charge in [-0.3, -0.25) is 18.8 Å². The molecule has 218 valence electrons. The average molecular weight is 655 g/mol. The Kier molecular flexibility index (Phi) is 9.83. The van der Waals surface area contributed by atoms with Crippen molar-refractivity contribution in [1.29, 1.82) is 0 Å². The molecule has 0 saturated heterocycles. The summed E-state index contributed by atoms with van der Waals surface area (Å²) in [6.07, 6.45) is -0.478. The third kappa shape index (κ3) is 6.27. The number of carbonyl (C=O) groups excluding carboxylic acids is 3. The van der Waals surface area contributed by atoms with Gasteiger partial charge >= 0.3 is 11.9 Å². The molecule has 5 aromatic rings. The third-order valence-electron chi connectivity index (χ3n) is 5.88. The summed E-state index contributed by atoms with van der Waals surface area (Å²) in [6.45, 7) is 3.60. The van der Waals surface area contributed by atoms with E-state index < -0.39 is 41.2 Å². The predicted molar refractivity (Wildman–Crippen MR) is 159 cm³/mol. The molecule has 0 unspecified atom stereocenters. The minimum atomic E-state index is -0.761. The molecule has 5 rings (SSSR count). The van der Waals surface area contributed by atoms with Crippen LogP contribution in [-0.4, -0.2) is 35.3 Å². The van der Waals surface area contributed by atoms with Gasteiger partial charge in [0.2, 0.25) is 5.43 Å². The Balaban J connectivity index is 0.000000209. The summed E-state index contributed by atoms with van der Waals surface area (Å²) in [4.78, 5) is 48.4. The summed E-state index contributed by atoms with van der Waals surface area (Å²) in [6, 6.07) is 12.0. The van der Waals surface area contributed by atoms with E-state index in [1.807, 2.05) is 24.3 Å². The zero-order chi connectivity index (χ0) is 30.7. The number of hydrogen-bond acceptors (Lipinski definition) is 7. The summed E-state index contributed by atoms with van der Waals surface area (Å²) in [7, 11) is 0. The molecule has 0 atom stereocenters. The van der Waals surface area contributed by atoms with Crippen LogP contribution in [-0.2, 0) is 14.3 Å². The van der Waals surface area contributed by atoms with Gasteiger partial charge in [-0.1, -0.05) is 46.9 Å². The number of para-hydroxylation sites is 1. The van der Waals surface area contributed by atoms with Crippen molar-refractivity contribution in [3.05, 3.63) is 96.6 Å². The number of thiazole rings is 1. The van der Waals surface area contributed by atoms with Crippen LogP contribution in [0.5, 0.6) is 0 Å². The van der Waals surface area contributed by atoms with E-state index in [9.17, 15) is 28.0 Å². The van der Waals surface area contributed by atoms with Crippen molar-refractivity contribution in [2.24, 2.45) is 0 Å². The smallest absolute Gasteiger partial charge is 0.345 e. The first kappa shape index (κ1) is 31.4. The Bertz CT molecular complexity index is 1940. The van der Waals surface area contributed by atoms with E-state index in [0.717, 1.165) is 28.4 Å². The van der Waals surface area contributed by atoms with Crippen LogP contribution in [0.3, 0.4) is 0 Å². The van der Waals surface area contributed by atoms with E-state index >= 15 is 0 Å². The topological polar surface area (TPSA) is 91.2 Å². The zero-order valence-electron chi connectivity index (χ0n) is 21.9. The second-order valence-electron chi connectivity index (χ2n) is 8.57.